The molecule has 0 bridgehead atoms. The Morgan fingerprint density at radius 2 is 1.68 bits per heavy atom. The molecule has 1 atom stereocenters. The Kier molecular flexibility index (Phi) is 6.75. The highest BCUT2D eigenvalue weighted by molar-refractivity contribution is 8.00. The lowest BCUT2D eigenvalue weighted by molar-refractivity contribution is -0.121. The fourth-order valence-electron chi connectivity index (χ4n) is 3.70. The summed E-state index contributed by atoms with van der Waals surface area (Å²) in [5.41, 5.74) is 2.67. The summed E-state index contributed by atoms with van der Waals surface area (Å²) in [6.07, 6.45) is 0. The Morgan fingerprint density at radius 3 is 2.38 bits per heavy atom. The van der Waals surface area contributed by atoms with Crippen molar-refractivity contribution in [1.29, 1.82) is 0 Å². The summed E-state index contributed by atoms with van der Waals surface area (Å²) < 4.78 is 0. The summed E-state index contributed by atoms with van der Waals surface area (Å²) in [4.78, 5) is 40.3. The van der Waals surface area contributed by atoms with Crippen molar-refractivity contribution in [3.63, 3.8) is 0 Å². The van der Waals surface area contributed by atoms with Crippen LogP contribution in [-0.2, 0) is 9.59 Å². The molecule has 1 unspecified atom stereocenters. The fraction of sp³-hybridized carbons (Fsp3) is 0.222. The molecule has 7 heteroatoms. The lowest BCUT2D eigenvalue weighted by atomic mass is 10.0. The van der Waals surface area contributed by atoms with Crippen molar-refractivity contribution in [3.8, 4) is 0 Å². The molecule has 3 aromatic carbocycles. The molecule has 0 saturated carbocycles. The molecule has 1 saturated heterocycles. The maximum Gasteiger partial charge on any atom is 0.252 e. The van der Waals surface area contributed by atoms with Crippen LogP contribution in [0.1, 0.15) is 40.7 Å². The number of anilines is 2. The summed E-state index contributed by atoms with van der Waals surface area (Å²) in [7, 11) is 0. The van der Waals surface area contributed by atoms with Gasteiger partial charge in [0.15, 0.2) is 0 Å². The molecule has 0 aliphatic carbocycles. The Bertz CT molecular complexity index is 1210. The van der Waals surface area contributed by atoms with Crippen LogP contribution in [-0.4, -0.2) is 29.0 Å². The molecule has 2 N–H and O–H groups in total. The van der Waals surface area contributed by atoms with E-state index >= 15 is 0 Å². The Labute approximate surface area is 203 Å². The van der Waals surface area contributed by atoms with Crippen LogP contribution >= 0.6 is 11.8 Å². The highest BCUT2D eigenvalue weighted by Gasteiger charge is 2.35. The number of nitrogens with zero attached hydrogens (tertiary/aromatic N) is 1. The Morgan fingerprint density at radius 1 is 0.971 bits per heavy atom. The van der Waals surface area contributed by atoms with Crippen LogP contribution in [0.15, 0.2) is 78.9 Å². The minimum absolute atomic E-state index is 0.00535. The minimum atomic E-state index is -1.15. The van der Waals surface area contributed by atoms with Crippen LogP contribution in [0, 0.1) is 6.92 Å². The topological polar surface area (TPSA) is 78.5 Å². The summed E-state index contributed by atoms with van der Waals surface area (Å²) >= 11 is 1.56. The number of carbonyl (C=O) groups excluding carboxylic acids is 3. The SMILES string of the molecule is Cc1ccc(NC(=O)C(C)(C)NC(=O)c2cccc(N3C(=O)CSC3c3ccccc3)c2)cc1. The average molecular weight is 474 g/mol. The fourth-order valence-corrected chi connectivity index (χ4v) is 4.88. The molecule has 1 heterocycles. The second-order valence-corrected chi connectivity index (χ2v) is 9.86. The van der Waals surface area contributed by atoms with E-state index < -0.39 is 5.54 Å². The standard InChI is InChI=1S/C27H27N3O3S/c1-18-12-14-21(15-13-18)28-26(33)27(2,3)29-24(32)20-10-7-11-22(16-20)30-23(31)17-34-25(30)19-8-5-4-6-9-19/h4-16,25H,17H2,1-3H3,(H,28,33)(H,29,32). The largest absolute Gasteiger partial charge is 0.338 e. The molecular formula is C27H27N3O3S. The third-order valence-electron chi connectivity index (χ3n) is 5.64. The molecule has 1 aliphatic heterocycles. The first-order chi connectivity index (χ1) is 16.2. The number of nitrogens with one attached hydrogen (secondary N) is 2. The molecule has 34 heavy (non-hydrogen) atoms. The number of aryl methyl sites for hydroxylation is 1. The van der Waals surface area contributed by atoms with E-state index in [-0.39, 0.29) is 23.1 Å². The van der Waals surface area contributed by atoms with E-state index in [2.05, 4.69) is 10.6 Å². The lowest BCUT2D eigenvalue weighted by Gasteiger charge is -2.26. The predicted molar refractivity (Wildman–Crippen MR) is 137 cm³/mol. The first-order valence-electron chi connectivity index (χ1n) is 11.0. The third kappa shape index (κ3) is 5.15. The molecule has 6 nitrogen and oxygen atoms in total. The van der Waals surface area contributed by atoms with Gasteiger partial charge in [0.2, 0.25) is 11.8 Å². The van der Waals surface area contributed by atoms with E-state index in [9.17, 15) is 14.4 Å². The van der Waals surface area contributed by atoms with Gasteiger partial charge in [-0.1, -0.05) is 54.1 Å². The second kappa shape index (κ2) is 9.73. The number of hydrogen-bond donors (Lipinski definition) is 2. The van der Waals surface area contributed by atoms with Gasteiger partial charge in [0, 0.05) is 16.9 Å². The van der Waals surface area contributed by atoms with Crippen molar-refractivity contribution >= 4 is 40.9 Å². The van der Waals surface area contributed by atoms with Crippen LogP contribution in [0.4, 0.5) is 11.4 Å². The van der Waals surface area contributed by atoms with Crippen molar-refractivity contribution in [2.24, 2.45) is 0 Å². The van der Waals surface area contributed by atoms with Gasteiger partial charge in [0.1, 0.15) is 10.9 Å². The molecular weight excluding hydrogens is 446 g/mol. The van der Waals surface area contributed by atoms with Gasteiger partial charge >= 0.3 is 0 Å². The smallest absolute Gasteiger partial charge is 0.252 e. The number of benzene rings is 3. The first kappa shape index (κ1) is 23.6. The van der Waals surface area contributed by atoms with E-state index in [1.165, 1.54) is 0 Å². The van der Waals surface area contributed by atoms with Crippen molar-refractivity contribution in [2.45, 2.75) is 31.7 Å². The van der Waals surface area contributed by atoms with Crippen molar-refractivity contribution in [3.05, 3.63) is 95.6 Å². The Balaban J connectivity index is 1.50. The molecule has 3 amide bonds. The summed E-state index contributed by atoms with van der Waals surface area (Å²) in [5, 5.41) is 5.51. The third-order valence-corrected chi connectivity index (χ3v) is 6.85. The van der Waals surface area contributed by atoms with Crippen molar-refractivity contribution in [1.82, 2.24) is 5.32 Å². The Hall–Kier alpha value is -3.58. The molecule has 0 spiro atoms. The van der Waals surface area contributed by atoms with Gasteiger partial charge in [-0.2, -0.15) is 0 Å². The minimum Gasteiger partial charge on any atom is -0.338 e. The van der Waals surface area contributed by atoms with Crippen LogP contribution in [0.3, 0.4) is 0 Å². The normalized spacial score (nSPS) is 15.8. The summed E-state index contributed by atoms with van der Waals surface area (Å²) in [5.74, 6) is -0.339. The monoisotopic (exact) mass is 473 g/mol. The lowest BCUT2D eigenvalue weighted by Crippen LogP contribution is -2.52. The maximum atomic E-state index is 13.1. The number of thioether (sulfide) groups is 1. The molecule has 0 radical (unpaired) electrons. The van der Waals surface area contributed by atoms with Crippen LogP contribution < -0.4 is 15.5 Å². The van der Waals surface area contributed by atoms with Crippen LogP contribution in [0.5, 0.6) is 0 Å². The zero-order chi connectivity index (χ0) is 24.3. The predicted octanol–water partition coefficient (Wildman–Crippen LogP) is 4.92. The van der Waals surface area contributed by atoms with Crippen molar-refractivity contribution in [2.75, 3.05) is 16.0 Å². The van der Waals surface area contributed by atoms with E-state index in [1.54, 1.807) is 48.7 Å². The van der Waals surface area contributed by atoms with E-state index in [0.29, 0.717) is 22.7 Å². The molecule has 3 aromatic rings. The zero-order valence-corrected chi connectivity index (χ0v) is 20.2. The molecule has 4 rings (SSSR count). The molecule has 0 aromatic heterocycles. The average Bonchev–Trinajstić information content (AvgIpc) is 3.22. The van der Waals surface area contributed by atoms with Crippen LogP contribution in [0.2, 0.25) is 0 Å². The van der Waals surface area contributed by atoms with Gasteiger partial charge in [-0.05, 0) is 56.7 Å². The molecule has 1 fully saturated rings. The van der Waals surface area contributed by atoms with E-state index in [1.807, 2.05) is 67.6 Å². The van der Waals surface area contributed by atoms with Gasteiger partial charge in [0.05, 0.1) is 5.75 Å². The summed E-state index contributed by atoms with van der Waals surface area (Å²) in [6, 6.07) is 24.2. The first-order valence-corrected chi connectivity index (χ1v) is 12.1. The number of carbonyl (C=O) groups is 3. The van der Waals surface area contributed by atoms with Gasteiger partial charge < -0.3 is 10.6 Å². The molecule has 1 aliphatic rings. The number of amides is 3. The van der Waals surface area contributed by atoms with Crippen LogP contribution in [0.25, 0.3) is 0 Å². The van der Waals surface area contributed by atoms with E-state index in [0.717, 1.165) is 11.1 Å². The van der Waals surface area contributed by atoms with Gasteiger partial charge in [-0.15, -0.1) is 11.8 Å². The van der Waals surface area contributed by atoms with Gasteiger partial charge in [0.25, 0.3) is 5.91 Å². The molecule has 174 valence electrons. The number of hydrogen-bond acceptors (Lipinski definition) is 4. The zero-order valence-electron chi connectivity index (χ0n) is 19.4. The second-order valence-electron chi connectivity index (χ2n) is 8.79. The maximum absolute atomic E-state index is 13.1. The van der Waals surface area contributed by atoms with E-state index in [4.69, 9.17) is 0 Å². The number of rotatable bonds is 6. The highest BCUT2D eigenvalue weighted by atomic mass is 32.2. The van der Waals surface area contributed by atoms with Gasteiger partial charge in [-0.25, -0.2) is 0 Å². The van der Waals surface area contributed by atoms with Crippen molar-refractivity contribution < 1.29 is 14.4 Å². The quantitative estimate of drug-likeness (QED) is 0.533. The van der Waals surface area contributed by atoms with Gasteiger partial charge in [-0.3, -0.25) is 19.3 Å². The summed E-state index contributed by atoms with van der Waals surface area (Å²) in [6.45, 7) is 5.29. The highest BCUT2D eigenvalue weighted by Crippen LogP contribution is 2.41.